The Balaban J connectivity index is -0.000000303. The molecule has 0 aliphatic carbocycles. The largest absolute Gasteiger partial charge is 2.00 e. The summed E-state index contributed by atoms with van der Waals surface area (Å²) in [5, 5.41) is 51.3. The van der Waals surface area contributed by atoms with Crippen molar-refractivity contribution in [3.05, 3.63) is 100 Å². The van der Waals surface area contributed by atoms with Crippen LogP contribution in [0.15, 0.2) is 36.4 Å². The molecular formula is C14H18CuN4O8. The summed E-state index contributed by atoms with van der Waals surface area (Å²) < 4.78 is 1.83. The molecule has 0 atom stereocenters. The molecule has 2 rings (SSSR count). The van der Waals surface area contributed by atoms with Crippen LogP contribution in [0.2, 0.25) is 0 Å². The van der Waals surface area contributed by atoms with Crippen LogP contribution in [-0.4, -0.2) is 10.2 Å². The molecular weight excluding hydrogens is 416 g/mol. The fourth-order valence-electron chi connectivity index (χ4n) is 1.48. The molecule has 0 saturated carbocycles. The van der Waals surface area contributed by atoms with Crippen molar-refractivity contribution in [1.29, 1.82) is 0 Å². The predicted molar refractivity (Wildman–Crippen MR) is 90.5 cm³/mol. The molecule has 0 unspecified atom stereocenters. The van der Waals surface area contributed by atoms with Gasteiger partial charge < -0.3 is 41.1 Å². The van der Waals surface area contributed by atoms with Crippen LogP contribution >= 0.6 is 0 Å². The first-order valence-electron chi connectivity index (χ1n) is 6.84. The maximum atomic E-state index is 10.9. The number of hydrogen-bond acceptors (Lipinski definition) is 8. The number of nitrogens with zero attached hydrogens (tertiary/aromatic N) is 4. The average Bonchev–Trinajstić information content (AvgIpc) is 2.50. The molecule has 13 heteroatoms. The summed E-state index contributed by atoms with van der Waals surface area (Å²) in [7, 11) is 0. The van der Waals surface area contributed by atoms with Gasteiger partial charge in [0.05, 0.1) is 10.2 Å². The van der Waals surface area contributed by atoms with Crippen LogP contribution in [0.5, 0.6) is 0 Å². The van der Waals surface area contributed by atoms with E-state index < -0.39 is 10.2 Å². The van der Waals surface area contributed by atoms with Crippen molar-refractivity contribution in [2.24, 2.45) is 0 Å². The van der Waals surface area contributed by atoms with E-state index in [4.69, 9.17) is 30.6 Å². The number of hydrogen-bond donors (Lipinski definition) is 0. The Kier molecular flexibility index (Phi) is 16.0. The third-order valence-electron chi connectivity index (χ3n) is 2.63. The summed E-state index contributed by atoms with van der Waals surface area (Å²) >= 11 is 0. The Hall–Kier alpha value is -3.18. The summed E-state index contributed by atoms with van der Waals surface area (Å²) in [5.41, 5.74) is 2.98. The number of aryl methyl sites for hydroxylation is 4. The second-order valence-electron chi connectivity index (χ2n) is 4.65. The van der Waals surface area contributed by atoms with Crippen LogP contribution in [0, 0.1) is 68.8 Å². The van der Waals surface area contributed by atoms with Gasteiger partial charge in [-0.25, -0.2) is 0 Å². The van der Waals surface area contributed by atoms with Crippen LogP contribution in [0.1, 0.15) is 22.8 Å². The molecule has 0 spiro atoms. The summed E-state index contributed by atoms with van der Waals surface area (Å²) in [5.74, 6) is 0. The predicted octanol–water partition coefficient (Wildman–Crippen LogP) is 1.39. The van der Waals surface area contributed by atoms with Gasteiger partial charge in [-0.2, -0.15) is 9.46 Å². The van der Waals surface area contributed by atoms with E-state index in [-0.39, 0.29) is 17.1 Å². The van der Waals surface area contributed by atoms with Crippen molar-refractivity contribution >= 4 is 0 Å². The van der Waals surface area contributed by atoms with Crippen molar-refractivity contribution in [3.63, 3.8) is 0 Å². The summed E-state index contributed by atoms with van der Waals surface area (Å²) in [6, 6.07) is 10.9. The summed E-state index contributed by atoms with van der Waals surface area (Å²) in [6.07, 6.45) is 0. The van der Waals surface area contributed by atoms with Crippen molar-refractivity contribution in [2.75, 3.05) is 0 Å². The van der Waals surface area contributed by atoms with Gasteiger partial charge in [0, 0.05) is 52.0 Å². The van der Waals surface area contributed by atoms with Crippen molar-refractivity contribution < 1.29 is 36.7 Å². The average molecular weight is 434 g/mol. The van der Waals surface area contributed by atoms with Crippen LogP contribution in [-0.2, 0) is 17.1 Å². The van der Waals surface area contributed by atoms with Gasteiger partial charge >= 0.3 is 17.1 Å². The molecule has 2 heterocycles. The Morgan fingerprint density at radius 1 is 0.630 bits per heavy atom. The molecule has 1 radical (unpaired) electrons. The Labute approximate surface area is 165 Å². The molecule has 0 saturated heterocycles. The van der Waals surface area contributed by atoms with Gasteiger partial charge in [-0.1, -0.05) is 0 Å². The summed E-state index contributed by atoms with van der Waals surface area (Å²) in [6.45, 7) is 7.17. The molecule has 27 heavy (non-hydrogen) atoms. The zero-order valence-electron chi connectivity index (χ0n) is 14.8. The van der Waals surface area contributed by atoms with E-state index in [2.05, 4.69) is 0 Å². The van der Waals surface area contributed by atoms with Crippen molar-refractivity contribution in [2.45, 2.75) is 27.7 Å². The fraction of sp³-hybridized carbons (Fsp3) is 0.286. The van der Waals surface area contributed by atoms with Gasteiger partial charge in [0.15, 0.2) is 22.8 Å². The quantitative estimate of drug-likeness (QED) is 0.196. The number of rotatable bonds is 0. The van der Waals surface area contributed by atoms with E-state index in [9.17, 15) is 10.4 Å². The third-order valence-corrected chi connectivity index (χ3v) is 2.63. The van der Waals surface area contributed by atoms with Crippen LogP contribution in [0.3, 0.4) is 0 Å². The molecule has 0 N–H and O–H groups in total. The Bertz CT molecular complexity index is 620. The van der Waals surface area contributed by atoms with Gasteiger partial charge in [0.25, 0.3) is 0 Å². The minimum Gasteiger partial charge on any atom is -0.618 e. The van der Waals surface area contributed by atoms with E-state index in [1.165, 1.54) is 0 Å². The topological polar surface area (TPSA) is 186 Å². The smallest absolute Gasteiger partial charge is 0.618 e. The minimum atomic E-state index is -1.75. The molecule has 0 aliphatic heterocycles. The van der Waals surface area contributed by atoms with Crippen LogP contribution in [0.4, 0.5) is 0 Å². The Morgan fingerprint density at radius 3 is 0.889 bits per heavy atom. The second-order valence-corrected chi connectivity index (χ2v) is 4.65. The van der Waals surface area contributed by atoms with E-state index in [0.717, 1.165) is 32.2 Å². The van der Waals surface area contributed by atoms with Gasteiger partial charge in [0.2, 0.25) is 0 Å². The minimum absolute atomic E-state index is 0. The normalized spacial score (nSPS) is 8.15. The molecule has 153 valence electrons. The monoisotopic (exact) mass is 433 g/mol. The van der Waals surface area contributed by atoms with E-state index >= 15 is 0 Å². The van der Waals surface area contributed by atoms with Gasteiger partial charge in [-0.15, -0.1) is 0 Å². The number of pyridine rings is 2. The molecule has 0 fully saturated rings. The molecule has 12 nitrogen and oxygen atoms in total. The van der Waals surface area contributed by atoms with Crippen molar-refractivity contribution in [1.82, 2.24) is 0 Å². The zero-order chi connectivity index (χ0) is 20.9. The molecule has 0 bridgehead atoms. The van der Waals surface area contributed by atoms with Gasteiger partial charge in [-0.05, 0) is 12.1 Å². The van der Waals surface area contributed by atoms with E-state index in [1.807, 2.05) is 12.1 Å². The van der Waals surface area contributed by atoms with Crippen LogP contribution in [0.25, 0.3) is 0 Å². The van der Waals surface area contributed by atoms with E-state index in [0.29, 0.717) is 0 Å². The first-order chi connectivity index (χ1) is 11.9. The SMILES string of the molecule is Cc1cccc(C)[n+]1[O-].Cc1cccc(C)[n+]1[O-].O=[N+]([O-])[O-].O=[N+]([O-])[O-].[Cu+2]. The van der Waals surface area contributed by atoms with Crippen LogP contribution < -0.4 is 9.46 Å². The van der Waals surface area contributed by atoms with E-state index in [1.54, 1.807) is 52.0 Å². The molecule has 0 amide bonds. The summed E-state index contributed by atoms with van der Waals surface area (Å²) in [4.78, 5) is 16.5. The second kappa shape index (κ2) is 15.1. The maximum Gasteiger partial charge on any atom is 2.00 e. The fourth-order valence-corrected chi connectivity index (χ4v) is 1.48. The van der Waals surface area contributed by atoms with Crippen molar-refractivity contribution in [3.8, 4) is 0 Å². The maximum absolute atomic E-state index is 10.9. The molecule has 2 aromatic heterocycles. The molecule has 0 aliphatic rings. The first kappa shape index (κ1) is 28.6. The zero-order valence-corrected chi connectivity index (χ0v) is 15.8. The van der Waals surface area contributed by atoms with Gasteiger partial charge in [-0.3, -0.25) is 0 Å². The standard InChI is InChI=1S/2C7H9NO.Cu.2NO3/c2*1-6-4-3-5-7(2)8(6)9;;2*2-1(3)4/h2*3-5H,1-2H3;;;/q;;+2;2*-1. The third kappa shape index (κ3) is 16.1. The first-order valence-corrected chi connectivity index (χ1v) is 6.84. The number of aromatic nitrogens is 2. The molecule has 2 aromatic rings. The Morgan fingerprint density at radius 2 is 0.778 bits per heavy atom. The van der Waals surface area contributed by atoms with Gasteiger partial charge in [0.1, 0.15) is 0 Å². The molecule has 0 aromatic carbocycles.